The van der Waals surface area contributed by atoms with Gasteiger partial charge in [-0.3, -0.25) is 9.59 Å². The third kappa shape index (κ3) is 5.62. The van der Waals surface area contributed by atoms with Crippen LogP contribution < -0.4 is 0 Å². The Labute approximate surface area is 193 Å². The van der Waals surface area contributed by atoms with E-state index in [1.165, 1.54) is 11.1 Å². The van der Waals surface area contributed by atoms with E-state index >= 15 is 0 Å². The van der Waals surface area contributed by atoms with Crippen molar-refractivity contribution in [3.05, 3.63) is 59.4 Å². The number of carbonyl (C=O) groups excluding carboxylic acids is 2. The molecule has 2 amide bonds. The number of benzene rings is 1. The van der Waals surface area contributed by atoms with Gasteiger partial charge in [0.05, 0.1) is 6.54 Å². The van der Waals surface area contributed by atoms with Gasteiger partial charge in [-0.2, -0.15) is 0 Å². The van der Waals surface area contributed by atoms with Crippen molar-refractivity contribution in [1.29, 1.82) is 0 Å². The Balaban J connectivity index is 1.76. The van der Waals surface area contributed by atoms with E-state index in [2.05, 4.69) is 61.9 Å². The molecule has 0 spiro atoms. The number of nitrogens with zero attached hydrogens (tertiary/aromatic N) is 3. The lowest BCUT2D eigenvalue weighted by atomic mass is 9.84. The minimum atomic E-state index is 0.0238. The van der Waals surface area contributed by atoms with Gasteiger partial charge in [0.25, 0.3) is 0 Å². The predicted octanol–water partition coefficient (Wildman–Crippen LogP) is 5.01. The highest BCUT2D eigenvalue weighted by Gasteiger charge is 2.33. The lowest BCUT2D eigenvalue weighted by Gasteiger charge is -2.36. The maximum absolute atomic E-state index is 13.5. The van der Waals surface area contributed by atoms with Crippen molar-refractivity contribution >= 4 is 11.8 Å². The molecule has 0 aliphatic heterocycles. The number of amides is 2. The molecular formula is C27H39N3O2. The summed E-state index contributed by atoms with van der Waals surface area (Å²) in [6.45, 7) is 11.8. The van der Waals surface area contributed by atoms with Crippen LogP contribution in [-0.4, -0.2) is 44.8 Å². The van der Waals surface area contributed by atoms with Gasteiger partial charge in [-0.05, 0) is 70.2 Å². The average molecular weight is 438 g/mol. The zero-order chi connectivity index (χ0) is 23.3. The van der Waals surface area contributed by atoms with Crippen LogP contribution in [0.2, 0.25) is 0 Å². The van der Waals surface area contributed by atoms with Gasteiger partial charge < -0.3 is 14.4 Å². The van der Waals surface area contributed by atoms with Gasteiger partial charge in [-0.15, -0.1) is 0 Å². The van der Waals surface area contributed by atoms with E-state index in [0.29, 0.717) is 6.54 Å². The largest absolute Gasteiger partial charge is 0.345 e. The lowest BCUT2D eigenvalue weighted by Crippen LogP contribution is -2.50. The number of hydrogen-bond donors (Lipinski definition) is 0. The summed E-state index contributed by atoms with van der Waals surface area (Å²) in [5.41, 5.74) is 3.66. The van der Waals surface area contributed by atoms with Gasteiger partial charge in [0.2, 0.25) is 11.8 Å². The van der Waals surface area contributed by atoms with Crippen molar-refractivity contribution < 1.29 is 9.59 Å². The highest BCUT2D eigenvalue weighted by molar-refractivity contribution is 5.86. The maximum Gasteiger partial charge on any atom is 0.242 e. The summed E-state index contributed by atoms with van der Waals surface area (Å²) < 4.78 is 2.23. The number of rotatable bonds is 10. The van der Waals surface area contributed by atoms with Crippen molar-refractivity contribution in [2.45, 2.75) is 85.5 Å². The Morgan fingerprint density at radius 2 is 1.78 bits per heavy atom. The first-order valence-electron chi connectivity index (χ1n) is 12.1. The zero-order valence-corrected chi connectivity index (χ0v) is 20.4. The van der Waals surface area contributed by atoms with Crippen LogP contribution in [-0.2, 0) is 22.7 Å². The van der Waals surface area contributed by atoms with Gasteiger partial charge in [0, 0.05) is 36.4 Å². The molecule has 174 valence electrons. The maximum atomic E-state index is 13.5. The SMILES string of the molecule is CCC(C)N(Cc1cccn1Cc1ccccc1C)C(=O)CN(C(=O)C1CCC1)C(C)C. The molecule has 1 saturated carbocycles. The third-order valence-electron chi connectivity index (χ3n) is 6.97. The van der Waals surface area contributed by atoms with Gasteiger partial charge >= 0.3 is 0 Å². The van der Waals surface area contributed by atoms with Gasteiger partial charge in [-0.1, -0.05) is 37.6 Å². The third-order valence-corrected chi connectivity index (χ3v) is 6.97. The predicted molar refractivity (Wildman–Crippen MR) is 129 cm³/mol. The Morgan fingerprint density at radius 1 is 1.06 bits per heavy atom. The molecule has 1 aromatic carbocycles. The summed E-state index contributed by atoms with van der Waals surface area (Å²) in [4.78, 5) is 30.1. The molecule has 1 fully saturated rings. The van der Waals surface area contributed by atoms with Gasteiger partial charge in [0.15, 0.2) is 0 Å². The van der Waals surface area contributed by atoms with E-state index in [1.54, 1.807) is 4.90 Å². The molecule has 1 aliphatic rings. The summed E-state index contributed by atoms with van der Waals surface area (Å²) in [5, 5.41) is 0. The van der Waals surface area contributed by atoms with Crippen molar-refractivity contribution in [3.8, 4) is 0 Å². The van der Waals surface area contributed by atoms with Crippen LogP contribution >= 0.6 is 0 Å². The molecule has 5 nitrogen and oxygen atoms in total. The second kappa shape index (κ2) is 10.8. The molecule has 0 saturated heterocycles. The van der Waals surface area contributed by atoms with E-state index in [9.17, 15) is 9.59 Å². The van der Waals surface area contributed by atoms with E-state index < -0.39 is 0 Å². The van der Waals surface area contributed by atoms with E-state index in [-0.39, 0.29) is 36.4 Å². The van der Waals surface area contributed by atoms with E-state index in [1.807, 2.05) is 24.8 Å². The van der Waals surface area contributed by atoms with Gasteiger partial charge in [-0.25, -0.2) is 0 Å². The van der Waals surface area contributed by atoms with Crippen molar-refractivity contribution in [2.75, 3.05) is 6.54 Å². The first-order valence-corrected chi connectivity index (χ1v) is 12.1. The summed E-state index contributed by atoms with van der Waals surface area (Å²) in [6, 6.07) is 12.7. The minimum Gasteiger partial charge on any atom is -0.345 e. The van der Waals surface area contributed by atoms with E-state index in [0.717, 1.165) is 37.9 Å². The Kier molecular flexibility index (Phi) is 8.16. The average Bonchev–Trinajstić information content (AvgIpc) is 3.16. The minimum absolute atomic E-state index is 0.0238. The van der Waals surface area contributed by atoms with Crippen LogP contribution in [0.4, 0.5) is 0 Å². The molecule has 1 aliphatic carbocycles. The normalized spacial score (nSPS) is 14.8. The molecule has 0 bridgehead atoms. The van der Waals surface area contributed by atoms with Crippen molar-refractivity contribution in [1.82, 2.24) is 14.4 Å². The molecule has 1 atom stereocenters. The topological polar surface area (TPSA) is 45.6 Å². The number of carbonyl (C=O) groups is 2. The highest BCUT2D eigenvalue weighted by Crippen LogP contribution is 2.29. The molecule has 5 heteroatoms. The standard InChI is InChI=1S/C27H39N3O2/c1-6-22(5)30(26(31)19-29(20(2)3)27(32)23-13-9-14-23)18-25-15-10-16-28(25)17-24-12-8-7-11-21(24)4/h7-8,10-12,15-16,20,22-23H,6,9,13-14,17-19H2,1-5H3. The van der Waals surface area contributed by atoms with Crippen LogP contribution in [0.5, 0.6) is 0 Å². The summed E-state index contributed by atoms with van der Waals surface area (Å²) in [5.74, 6) is 0.282. The number of aromatic nitrogens is 1. The Morgan fingerprint density at radius 3 is 2.38 bits per heavy atom. The lowest BCUT2D eigenvalue weighted by molar-refractivity contribution is -0.147. The van der Waals surface area contributed by atoms with Crippen molar-refractivity contribution in [3.63, 3.8) is 0 Å². The summed E-state index contributed by atoms with van der Waals surface area (Å²) in [6.07, 6.45) is 5.99. The molecular weight excluding hydrogens is 398 g/mol. The fourth-order valence-corrected chi connectivity index (χ4v) is 4.24. The molecule has 1 unspecified atom stereocenters. The Hall–Kier alpha value is -2.56. The summed E-state index contributed by atoms with van der Waals surface area (Å²) >= 11 is 0. The molecule has 3 rings (SSSR count). The summed E-state index contributed by atoms with van der Waals surface area (Å²) in [7, 11) is 0. The zero-order valence-electron chi connectivity index (χ0n) is 20.4. The quantitative estimate of drug-likeness (QED) is 0.525. The first kappa shape index (κ1) is 24.1. The molecule has 1 heterocycles. The van der Waals surface area contributed by atoms with Crippen LogP contribution in [0.3, 0.4) is 0 Å². The molecule has 2 aromatic rings. The van der Waals surface area contributed by atoms with Gasteiger partial charge in [0.1, 0.15) is 6.54 Å². The first-order chi connectivity index (χ1) is 15.3. The monoisotopic (exact) mass is 437 g/mol. The van der Waals surface area contributed by atoms with Crippen LogP contribution in [0.25, 0.3) is 0 Å². The second-order valence-corrected chi connectivity index (χ2v) is 9.52. The highest BCUT2D eigenvalue weighted by atomic mass is 16.2. The molecule has 32 heavy (non-hydrogen) atoms. The fourth-order valence-electron chi connectivity index (χ4n) is 4.24. The smallest absolute Gasteiger partial charge is 0.242 e. The second-order valence-electron chi connectivity index (χ2n) is 9.52. The van der Waals surface area contributed by atoms with E-state index in [4.69, 9.17) is 0 Å². The fraction of sp³-hybridized carbons (Fsp3) is 0.556. The Bertz CT molecular complexity index is 913. The van der Waals surface area contributed by atoms with Crippen LogP contribution in [0, 0.1) is 12.8 Å². The molecule has 0 radical (unpaired) electrons. The molecule has 1 aromatic heterocycles. The van der Waals surface area contributed by atoms with Crippen LogP contribution in [0.15, 0.2) is 42.6 Å². The number of hydrogen-bond acceptors (Lipinski definition) is 2. The van der Waals surface area contributed by atoms with Crippen molar-refractivity contribution in [2.24, 2.45) is 5.92 Å². The van der Waals surface area contributed by atoms with Crippen LogP contribution in [0.1, 0.15) is 70.2 Å². The molecule has 0 N–H and O–H groups in total. The number of aryl methyl sites for hydroxylation is 1.